The zero-order valence-electron chi connectivity index (χ0n) is 12.5. The highest BCUT2D eigenvalue weighted by atomic mass is 35.5. The number of aliphatic hydroxyl groups is 1. The molecular formula is C17H16ClNO4. The molecule has 0 aliphatic rings. The molecule has 120 valence electrons. The molecule has 2 N–H and O–H groups in total. The number of nitrogens with one attached hydrogen (secondary N) is 1. The van der Waals surface area contributed by atoms with Crippen LogP contribution in [0, 0.1) is 6.92 Å². The van der Waals surface area contributed by atoms with Crippen molar-refractivity contribution in [2.45, 2.75) is 13.5 Å². The molecule has 2 aromatic rings. The van der Waals surface area contributed by atoms with Gasteiger partial charge in [-0.3, -0.25) is 4.79 Å². The fraction of sp³-hybridized carbons (Fsp3) is 0.176. The number of aliphatic hydroxyl groups excluding tert-OH is 1. The summed E-state index contributed by atoms with van der Waals surface area (Å²) in [6, 6.07) is 11.4. The fourth-order valence-electron chi connectivity index (χ4n) is 1.91. The van der Waals surface area contributed by atoms with E-state index in [0.29, 0.717) is 21.8 Å². The Hall–Kier alpha value is -2.37. The zero-order chi connectivity index (χ0) is 16.8. The molecule has 2 rings (SSSR count). The Labute approximate surface area is 138 Å². The zero-order valence-corrected chi connectivity index (χ0v) is 13.3. The van der Waals surface area contributed by atoms with Gasteiger partial charge in [-0.05, 0) is 48.4 Å². The van der Waals surface area contributed by atoms with Crippen LogP contribution in [-0.4, -0.2) is 23.6 Å². The fourth-order valence-corrected chi connectivity index (χ4v) is 2.14. The van der Waals surface area contributed by atoms with Crippen molar-refractivity contribution >= 4 is 29.2 Å². The van der Waals surface area contributed by atoms with Gasteiger partial charge in [-0.1, -0.05) is 23.7 Å². The number of anilines is 1. The Morgan fingerprint density at radius 1 is 1.17 bits per heavy atom. The van der Waals surface area contributed by atoms with Gasteiger partial charge < -0.3 is 15.2 Å². The average molecular weight is 334 g/mol. The summed E-state index contributed by atoms with van der Waals surface area (Å²) < 4.78 is 4.96. The Morgan fingerprint density at radius 2 is 1.87 bits per heavy atom. The number of esters is 1. The van der Waals surface area contributed by atoms with Gasteiger partial charge in [0.1, 0.15) is 0 Å². The maximum atomic E-state index is 11.8. The van der Waals surface area contributed by atoms with E-state index in [0.717, 1.165) is 5.56 Å². The molecule has 0 atom stereocenters. The molecule has 0 spiro atoms. The highest BCUT2D eigenvalue weighted by Crippen LogP contribution is 2.19. The van der Waals surface area contributed by atoms with Crippen molar-refractivity contribution in [1.29, 1.82) is 0 Å². The van der Waals surface area contributed by atoms with E-state index in [1.807, 2.05) is 6.92 Å². The van der Waals surface area contributed by atoms with Gasteiger partial charge in [0.05, 0.1) is 12.2 Å². The largest absolute Gasteiger partial charge is 0.452 e. The van der Waals surface area contributed by atoms with Crippen LogP contribution in [0.4, 0.5) is 5.69 Å². The van der Waals surface area contributed by atoms with Crippen LogP contribution in [0.3, 0.4) is 0 Å². The molecule has 0 saturated heterocycles. The van der Waals surface area contributed by atoms with Crippen LogP contribution in [0.25, 0.3) is 0 Å². The van der Waals surface area contributed by atoms with Gasteiger partial charge in [-0.25, -0.2) is 4.79 Å². The molecule has 0 heterocycles. The summed E-state index contributed by atoms with van der Waals surface area (Å²) in [4.78, 5) is 23.7. The van der Waals surface area contributed by atoms with Crippen LogP contribution in [0.15, 0.2) is 42.5 Å². The second-order valence-corrected chi connectivity index (χ2v) is 5.38. The van der Waals surface area contributed by atoms with Crippen LogP contribution >= 0.6 is 11.6 Å². The maximum absolute atomic E-state index is 11.8. The Kier molecular flexibility index (Phi) is 5.73. The van der Waals surface area contributed by atoms with Crippen molar-refractivity contribution in [3.8, 4) is 0 Å². The molecule has 0 bridgehead atoms. The standard InChI is InChI=1S/C17H16ClNO4/c1-11-8-14(18)6-7-15(11)19-16(21)10-23-17(22)13-4-2-12(9-20)3-5-13/h2-8,20H,9-10H2,1H3,(H,19,21). The van der Waals surface area contributed by atoms with Gasteiger partial charge in [0.2, 0.25) is 0 Å². The number of amides is 1. The molecule has 0 aliphatic carbocycles. The summed E-state index contributed by atoms with van der Waals surface area (Å²) in [6.07, 6.45) is 0. The highest BCUT2D eigenvalue weighted by molar-refractivity contribution is 6.30. The summed E-state index contributed by atoms with van der Waals surface area (Å²) >= 11 is 5.85. The summed E-state index contributed by atoms with van der Waals surface area (Å²) in [5, 5.41) is 12.2. The lowest BCUT2D eigenvalue weighted by molar-refractivity contribution is -0.119. The number of hydrogen-bond acceptors (Lipinski definition) is 4. The minimum absolute atomic E-state index is 0.0990. The molecule has 0 fully saturated rings. The number of aryl methyl sites for hydroxylation is 1. The topological polar surface area (TPSA) is 75.6 Å². The van der Waals surface area contributed by atoms with Crippen molar-refractivity contribution in [3.63, 3.8) is 0 Å². The first-order valence-corrected chi connectivity index (χ1v) is 7.30. The Balaban J connectivity index is 1.89. The van der Waals surface area contributed by atoms with Crippen LogP contribution < -0.4 is 5.32 Å². The molecule has 0 aliphatic heterocycles. The van der Waals surface area contributed by atoms with Crippen LogP contribution in [0.2, 0.25) is 5.02 Å². The molecule has 6 heteroatoms. The second-order valence-electron chi connectivity index (χ2n) is 4.94. The van der Waals surface area contributed by atoms with E-state index < -0.39 is 11.9 Å². The lowest BCUT2D eigenvalue weighted by Gasteiger charge is -2.09. The van der Waals surface area contributed by atoms with E-state index in [9.17, 15) is 9.59 Å². The van der Waals surface area contributed by atoms with Gasteiger partial charge in [0, 0.05) is 10.7 Å². The molecule has 5 nitrogen and oxygen atoms in total. The van der Waals surface area contributed by atoms with Crippen molar-refractivity contribution < 1.29 is 19.4 Å². The predicted octanol–water partition coefficient (Wildman–Crippen LogP) is 2.94. The van der Waals surface area contributed by atoms with E-state index in [1.165, 1.54) is 12.1 Å². The van der Waals surface area contributed by atoms with Gasteiger partial charge in [-0.2, -0.15) is 0 Å². The number of carbonyl (C=O) groups excluding carboxylic acids is 2. The minimum atomic E-state index is -0.600. The van der Waals surface area contributed by atoms with E-state index in [4.69, 9.17) is 21.4 Å². The predicted molar refractivity (Wildman–Crippen MR) is 87.5 cm³/mol. The van der Waals surface area contributed by atoms with Crippen molar-refractivity contribution in [2.75, 3.05) is 11.9 Å². The summed E-state index contributed by atoms with van der Waals surface area (Å²) in [7, 11) is 0. The quantitative estimate of drug-likeness (QED) is 0.825. The average Bonchev–Trinajstić information content (AvgIpc) is 2.55. The normalized spacial score (nSPS) is 10.2. The molecule has 0 unspecified atom stereocenters. The molecule has 0 aromatic heterocycles. The third kappa shape index (κ3) is 4.81. The monoisotopic (exact) mass is 333 g/mol. The first kappa shape index (κ1) is 17.0. The van der Waals surface area contributed by atoms with E-state index in [1.54, 1.807) is 30.3 Å². The second kappa shape index (κ2) is 7.76. The number of rotatable bonds is 5. The first-order valence-electron chi connectivity index (χ1n) is 6.92. The van der Waals surface area contributed by atoms with Crippen LogP contribution in [-0.2, 0) is 16.1 Å². The molecule has 0 radical (unpaired) electrons. The lowest BCUT2D eigenvalue weighted by Crippen LogP contribution is -2.21. The Morgan fingerprint density at radius 3 is 2.48 bits per heavy atom. The van der Waals surface area contributed by atoms with Crippen LogP contribution in [0.1, 0.15) is 21.5 Å². The molecule has 1 amide bonds. The number of halogens is 1. The molecular weight excluding hydrogens is 318 g/mol. The van der Waals surface area contributed by atoms with Crippen molar-refractivity contribution in [2.24, 2.45) is 0 Å². The van der Waals surface area contributed by atoms with E-state index >= 15 is 0 Å². The highest BCUT2D eigenvalue weighted by Gasteiger charge is 2.11. The van der Waals surface area contributed by atoms with Gasteiger partial charge >= 0.3 is 5.97 Å². The van der Waals surface area contributed by atoms with E-state index in [2.05, 4.69) is 5.32 Å². The van der Waals surface area contributed by atoms with Crippen molar-refractivity contribution in [1.82, 2.24) is 0 Å². The summed E-state index contributed by atoms with van der Waals surface area (Å²) in [6.45, 7) is 1.33. The first-order chi connectivity index (χ1) is 11.0. The summed E-state index contributed by atoms with van der Waals surface area (Å²) in [5.74, 6) is -1.03. The van der Waals surface area contributed by atoms with Gasteiger partial charge in [0.25, 0.3) is 5.91 Å². The van der Waals surface area contributed by atoms with Crippen LogP contribution in [0.5, 0.6) is 0 Å². The number of carbonyl (C=O) groups is 2. The third-order valence-corrected chi connectivity index (χ3v) is 3.40. The third-order valence-electron chi connectivity index (χ3n) is 3.17. The molecule has 2 aromatic carbocycles. The molecule has 0 saturated carbocycles. The molecule has 23 heavy (non-hydrogen) atoms. The number of hydrogen-bond donors (Lipinski definition) is 2. The smallest absolute Gasteiger partial charge is 0.338 e. The summed E-state index contributed by atoms with van der Waals surface area (Å²) in [5.41, 5.74) is 2.44. The maximum Gasteiger partial charge on any atom is 0.338 e. The minimum Gasteiger partial charge on any atom is -0.452 e. The SMILES string of the molecule is Cc1cc(Cl)ccc1NC(=O)COC(=O)c1ccc(CO)cc1. The van der Waals surface area contributed by atoms with Crippen molar-refractivity contribution in [3.05, 3.63) is 64.2 Å². The van der Waals surface area contributed by atoms with E-state index in [-0.39, 0.29) is 13.2 Å². The number of ether oxygens (including phenoxy) is 1. The Bertz CT molecular complexity index is 713. The van der Waals surface area contributed by atoms with Gasteiger partial charge in [-0.15, -0.1) is 0 Å². The van der Waals surface area contributed by atoms with Gasteiger partial charge in [0.15, 0.2) is 6.61 Å². The lowest BCUT2D eigenvalue weighted by atomic mass is 10.1. The number of benzene rings is 2.